The van der Waals surface area contributed by atoms with Crippen molar-refractivity contribution in [2.75, 3.05) is 6.61 Å². The number of rotatable bonds is 3. The molecule has 46 valence electrons. The highest BCUT2D eigenvalue weighted by molar-refractivity contribution is 6.39. The first-order valence-electron chi connectivity index (χ1n) is 3.12. The summed E-state index contributed by atoms with van der Waals surface area (Å²) in [5, 5.41) is 8.99. The number of ether oxygens (including phenoxy) is 1. The van der Waals surface area contributed by atoms with Gasteiger partial charge in [0.2, 0.25) is 0 Å². The van der Waals surface area contributed by atoms with E-state index in [1.54, 1.807) is 0 Å². The monoisotopic (exact) mass is 114 g/mol. The van der Waals surface area contributed by atoms with Crippen molar-refractivity contribution >= 4 is 7.28 Å². The molecule has 2 atom stereocenters. The average molecular weight is 114 g/mol. The zero-order valence-corrected chi connectivity index (χ0v) is 5.13. The highest BCUT2D eigenvalue weighted by atomic mass is 16.6. The molecule has 0 saturated carbocycles. The lowest BCUT2D eigenvalue weighted by Crippen LogP contribution is -2.19. The first-order valence-corrected chi connectivity index (χ1v) is 3.12. The van der Waals surface area contributed by atoms with Crippen LogP contribution in [0.2, 0.25) is 0 Å². The van der Waals surface area contributed by atoms with Crippen LogP contribution in [0.4, 0.5) is 0 Å². The molecular formula is C5H11BO2. The molecule has 1 aliphatic heterocycles. The Labute approximate surface area is 50.1 Å². The Morgan fingerprint density at radius 3 is 3.00 bits per heavy atom. The van der Waals surface area contributed by atoms with Gasteiger partial charge in [0, 0.05) is 6.00 Å². The molecule has 0 aromatic rings. The second kappa shape index (κ2) is 2.51. The minimum atomic E-state index is -0.137. The van der Waals surface area contributed by atoms with Gasteiger partial charge in [0.25, 0.3) is 0 Å². The maximum absolute atomic E-state index is 8.99. The highest BCUT2D eigenvalue weighted by Gasteiger charge is 2.26. The fourth-order valence-corrected chi connectivity index (χ4v) is 0.674. The number of aliphatic hydroxyl groups excluding tert-OH is 1. The molecule has 0 spiro atoms. The Balaban J connectivity index is 1.98. The molecule has 0 radical (unpaired) electrons. The Bertz CT molecular complexity index is 72.8. The van der Waals surface area contributed by atoms with Gasteiger partial charge in [-0.05, 0) is 6.42 Å². The van der Waals surface area contributed by atoms with Gasteiger partial charge in [0.1, 0.15) is 0 Å². The molecule has 1 fully saturated rings. The van der Waals surface area contributed by atoms with E-state index >= 15 is 0 Å². The number of aliphatic hydroxyl groups is 1. The molecule has 0 aromatic heterocycles. The van der Waals surface area contributed by atoms with Gasteiger partial charge >= 0.3 is 0 Å². The molecule has 1 N–H and O–H groups in total. The molecule has 1 rings (SSSR count). The summed E-state index contributed by atoms with van der Waals surface area (Å²) in [4.78, 5) is 0. The molecule has 0 aromatic carbocycles. The molecule has 3 heteroatoms. The average Bonchev–Trinajstić information content (AvgIpc) is 2.50. The molecule has 0 amide bonds. The predicted octanol–water partition coefficient (Wildman–Crippen LogP) is -0.492. The molecule has 1 saturated heterocycles. The molecule has 0 aliphatic carbocycles. The lowest BCUT2D eigenvalue weighted by molar-refractivity contribution is 0.245. The quantitative estimate of drug-likeness (QED) is 0.396. The van der Waals surface area contributed by atoms with E-state index in [-0.39, 0.29) is 6.00 Å². The summed E-state index contributed by atoms with van der Waals surface area (Å²) >= 11 is 0. The van der Waals surface area contributed by atoms with Crippen LogP contribution in [0.5, 0.6) is 0 Å². The summed E-state index contributed by atoms with van der Waals surface area (Å²) in [6, 6.07) is 0.243. The van der Waals surface area contributed by atoms with Crippen LogP contribution < -0.4 is 0 Å². The van der Waals surface area contributed by atoms with E-state index in [9.17, 15) is 0 Å². The summed E-state index contributed by atoms with van der Waals surface area (Å²) in [7, 11) is 0.830. The first-order chi connectivity index (χ1) is 3.83. The van der Waals surface area contributed by atoms with E-state index < -0.39 is 0 Å². The van der Waals surface area contributed by atoms with Crippen LogP contribution in [0.1, 0.15) is 13.3 Å². The zero-order valence-electron chi connectivity index (χ0n) is 5.13. The van der Waals surface area contributed by atoms with E-state index in [0.717, 1.165) is 20.3 Å². The second-order valence-corrected chi connectivity index (χ2v) is 2.25. The van der Waals surface area contributed by atoms with E-state index in [1.807, 2.05) is 6.92 Å². The van der Waals surface area contributed by atoms with Crippen molar-refractivity contribution in [2.24, 2.45) is 0 Å². The highest BCUT2D eigenvalue weighted by Crippen LogP contribution is 2.08. The summed E-state index contributed by atoms with van der Waals surface area (Å²) in [5.41, 5.74) is 0. The number of hydrogen-bond donors (Lipinski definition) is 1. The maximum atomic E-state index is 8.99. The Morgan fingerprint density at radius 1 is 2.00 bits per heavy atom. The first kappa shape index (κ1) is 6.11. The van der Waals surface area contributed by atoms with Gasteiger partial charge < -0.3 is 9.84 Å². The van der Waals surface area contributed by atoms with Crippen molar-refractivity contribution in [2.45, 2.75) is 25.4 Å². The smallest absolute Gasteiger partial charge is 0.195 e. The third-order valence-corrected chi connectivity index (χ3v) is 1.41. The van der Waals surface area contributed by atoms with Crippen LogP contribution in [-0.4, -0.2) is 31.0 Å². The molecule has 0 bridgehead atoms. The second-order valence-electron chi connectivity index (χ2n) is 2.25. The molecule has 2 nitrogen and oxygen atoms in total. The lowest BCUT2D eigenvalue weighted by Gasteiger charge is -1.99. The Morgan fingerprint density at radius 2 is 2.62 bits per heavy atom. The molecule has 8 heavy (non-hydrogen) atoms. The van der Waals surface area contributed by atoms with Crippen molar-refractivity contribution in [1.29, 1.82) is 0 Å². The maximum Gasteiger partial charge on any atom is 0.195 e. The number of epoxide rings is 1. The van der Waals surface area contributed by atoms with Crippen LogP contribution in [0.25, 0.3) is 0 Å². The third-order valence-electron chi connectivity index (χ3n) is 1.41. The Hall–Kier alpha value is -0.0151. The molecular weight excluding hydrogens is 103 g/mol. The van der Waals surface area contributed by atoms with E-state index in [0.29, 0.717) is 6.00 Å². The van der Waals surface area contributed by atoms with E-state index in [4.69, 9.17) is 9.84 Å². The predicted molar refractivity (Wildman–Crippen MR) is 33.2 cm³/mol. The van der Waals surface area contributed by atoms with Crippen LogP contribution >= 0.6 is 0 Å². The minimum Gasteiger partial charge on any atom is -0.402 e. The minimum absolute atomic E-state index is 0.137. The normalized spacial score (nSPS) is 29.5. The van der Waals surface area contributed by atoms with Gasteiger partial charge in [-0.3, -0.25) is 0 Å². The largest absolute Gasteiger partial charge is 0.402 e. The van der Waals surface area contributed by atoms with Gasteiger partial charge in [0.05, 0.1) is 12.6 Å². The molecule has 2 unspecified atom stereocenters. The third kappa shape index (κ3) is 1.84. The van der Waals surface area contributed by atoms with Gasteiger partial charge in [0.15, 0.2) is 7.28 Å². The van der Waals surface area contributed by atoms with Crippen LogP contribution in [0.3, 0.4) is 0 Å². The summed E-state index contributed by atoms with van der Waals surface area (Å²) < 4.78 is 4.92. The SMILES string of the molecule is CCC(O)BC1CO1. The van der Waals surface area contributed by atoms with Crippen LogP contribution in [0.15, 0.2) is 0 Å². The van der Waals surface area contributed by atoms with E-state index in [2.05, 4.69) is 0 Å². The van der Waals surface area contributed by atoms with E-state index in [1.165, 1.54) is 0 Å². The topological polar surface area (TPSA) is 32.8 Å². The Kier molecular flexibility index (Phi) is 1.92. The van der Waals surface area contributed by atoms with Crippen molar-refractivity contribution in [3.8, 4) is 0 Å². The van der Waals surface area contributed by atoms with Gasteiger partial charge in [-0.25, -0.2) is 0 Å². The fraction of sp³-hybridized carbons (Fsp3) is 1.00. The zero-order chi connectivity index (χ0) is 5.98. The molecule has 1 heterocycles. The molecule has 1 aliphatic rings. The number of hydrogen-bond acceptors (Lipinski definition) is 2. The standard InChI is InChI=1S/C5H11BO2/c1-2-4(7)6-5-3-8-5/h4-7H,2-3H2,1H3. The van der Waals surface area contributed by atoms with Crippen LogP contribution in [0, 0.1) is 0 Å². The fourth-order valence-electron chi connectivity index (χ4n) is 0.674. The summed E-state index contributed by atoms with van der Waals surface area (Å²) in [5.74, 6) is 0. The van der Waals surface area contributed by atoms with Crippen molar-refractivity contribution < 1.29 is 9.84 Å². The summed E-state index contributed by atoms with van der Waals surface area (Å²) in [6.07, 6.45) is 0.847. The van der Waals surface area contributed by atoms with Crippen molar-refractivity contribution in [1.82, 2.24) is 0 Å². The van der Waals surface area contributed by atoms with Crippen LogP contribution in [-0.2, 0) is 4.74 Å². The van der Waals surface area contributed by atoms with Gasteiger partial charge in [-0.15, -0.1) is 0 Å². The lowest BCUT2D eigenvalue weighted by atomic mass is 9.67. The summed E-state index contributed by atoms with van der Waals surface area (Å²) in [6.45, 7) is 2.84. The van der Waals surface area contributed by atoms with Gasteiger partial charge in [-0.2, -0.15) is 0 Å². The van der Waals surface area contributed by atoms with Crippen molar-refractivity contribution in [3.05, 3.63) is 0 Å². The van der Waals surface area contributed by atoms with Gasteiger partial charge in [-0.1, -0.05) is 6.92 Å². The van der Waals surface area contributed by atoms with Crippen molar-refractivity contribution in [3.63, 3.8) is 0 Å².